The topological polar surface area (TPSA) is 37.8 Å². The summed E-state index contributed by atoms with van der Waals surface area (Å²) in [5.74, 6) is 0.636. The zero-order valence-corrected chi connectivity index (χ0v) is 12.5. The average molecular weight is 317 g/mol. The number of rotatable bonds is 4. The van der Waals surface area contributed by atoms with Crippen LogP contribution in [0.4, 0.5) is 11.5 Å². The monoisotopic (exact) mass is 315 g/mol. The second kappa shape index (κ2) is 6.42. The first kappa shape index (κ1) is 14.4. The normalized spacial score (nSPS) is 10.5. The molecule has 0 saturated heterocycles. The number of nitrogens with zero attached hydrogens (tertiary/aromatic N) is 2. The van der Waals surface area contributed by atoms with Crippen LogP contribution < -0.4 is 5.32 Å². The van der Waals surface area contributed by atoms with Gasteiger partial charge >= 0.3 is 0 Å². The number of anilines is 2. The van der Waals surface area contributed by atoms with E-state index >= 15 is 0 Å². The molecule has 0 aliphatic rings. The molecule has 19 heavy (non-hydrogen) atoms. The highest BCUT2D eigenvalue weighted by atomic mass is 35.5. The Bertz CT molecular complexity index is 567. The Morgan fingerprint density at radius 3 is 2.42 bits per heavy atom. The molecule has 1 aromatic carbocycles. The lowest BCUT2D eigenvalue weighted by atomic mass is 10.2. The highest BCUT2D eigenvalue weighted by Gasteiger charge is 2.12. The van der Waals surface area contributed by atoms with Crippen LogP contribution in [0.2, 0.25) is 15.2 Å². The van der Waals surface area contributed by atoms with Gasteiger partial charge in [0, 0.05) is 5.56 Å². The van der Waals surface area contributed by atoms with E-state index in [1.165, 1.54) is 6.33 Å². The van der Waals surface area contributed by atoms with Crippen LogP contribution in [0, 0.1) is 0 Å². The summed E-state index contributed by atoms with van der Waals surface area (Å²) in [6.07, 6.45) is 3.14. The molecule has 0 spiro atoms. The van der Waals surface area contributed by atoms with Gasteiger partial charge in [-0.1, -0.05) is 54.2 Å². The maximum absolute atomic E-state index is 6.13. The molecular weight excluding hydrogens is 305 g/mol. The van der Waals surface area contributed by atoms with Crippen molar-refractivity contribution in [3.8, 4) is 0 Å². The van der Waals surface area contributed by atoms with Crippen molar-refractivity contribution in [2.45, 2.75) is 19.8 Å². The zero-order valence-electron chi connectivity index (χ0n) is 10.3. The van der Waals surface area contributed by atoms with Gasteiger partial charge in [0.2, 0.25) is 0 Å². The fourth-order valence-electron chi connectivity index (χ4n) is 1.71. The van der Waals surface area contributed by atoms with Crippen LogP contribution in [-0.2, 0) is 6.42 Å². The highest BCUT2D eigenvalue weighted by molar-refractivity contribution is 6.39. The quantitative estimate of drug-likeness (QED) is 0.794. The molecule has 0 aliphatic carbocycles. The van der Waals surface area contributed by atoms with Gasteiger partial charge in [-0.2, -0.15) is 0 Å². The van der Waals surface area contributed by atoms with E-state index < -0.39 is 0 Å². The van der Waals surface area contributed by atoms with Gasteiger partial charge in [0.15, 0.2) is 0 Å². The summed E-state index contributed by atoms with van der Waals surface area (Å²) < 4.78 is 0. The molecule has 0 atom stereocenters. The Hall–Kier alpha value is -1.03. The van der Waals surface area contributed by atoms with Crippen LogP contribution in [0.5, 0.6) is 0 Å². The van der Waals surface area contributed by atoms with Gasteiger partial charge in [0.25, 0.3) is 0 Å². The number of halogens is 3. The maximum atomic E-state index is 6.13. The Balaban J connectivity index is 2.41. The summed E-state index contributed by atoms with van der Waals surface area (Å²) in [6.45, 7) is 2.07. The molecule has 6 heteroatoms. The third kappa shape index (κ3) is 3.30. The Morgan fingerprint density at radius 1 is 1.11 bits per heavy atom. The van der Waals surface area contributed by atoms with E-state index in [0.717, 1.165) is 18.4 Å². The molecular formula is C13H12Cl3N3. The van der Waals surface area contributed by atoms with Crippen molar-refractivity contribution in [2.75, 3.05) is 5.32 Å². The van der Waals surface area contributed by atoms with Gasteiger partial charge < -0.3 is 5.32 Å². The van der Waals surface area contributed by atoms with Crippen LogP contribution >= 0.6 is 34.8 Å². The third-order valence-electron chi connectivity index (χ3n) is 2.60. The van der Waals surface area contributed by atoms with E-state index in [-0.39, 0.29) is 0 Å². The maximum Gasteiger partial charge on any atom is 0.138 e. The predicted octanol–water partition coefficient (Wildman–Crippen LogP) is 5.13. The second-order valence-electron chi connectivity index (χ2n) is 3.96. The number of aromatic nitrogens is 2. The van der Waals surface area contributed by atoms with Gasteiger partial charge in [-0.3, -0.25) is 0 Å². The summed E-state index contributed by atoms with van der Waals surface area (Å²) in [7, 11) is 0. The zero-order chi connectivity index (χ0) is 13.8. The van der Waals surface area contributed by atoms with Crippen molar-refractivity contribution >= 4 is 46.3 Å². The average Bonchev–Trinajstić information content (AvgIpc) is 2.38. The summed E-state index contributed by atoms with van der Waals surface area (Å²) in [4.78, 5) is 8.20. The molecule has 0 aliphatic heterocycles. The van der Waals surface area contributed by atoms with Crippen molar-refractivity contribution in [1.82, 2.24) is 9.97 Å². The number of benzene rings is 1. The summed E-state index contributed by atoms with van der Waals surface area (Å²) in [6, 6.07) is 5.31. The van der Waals surface area contributed by atoms with E-state index in [1.807, 2.05) is 0 Å². The Kier molecular flexibility index (Phi) is 4.86. The molecule has 2 rings (SSSR count). The minimum absolute atomic E-state index is 0.447. The molecule has 0 radical (unpaired) electrons. The molecule has 1 N–H and O–H groups in total. The van der Waals surface area contributed by atoms with E-state index in [4.69, 9.17) is 34.8 Å². The smallest absolute Gasteiger partial charge is 0.138 e. The molecule has 1 heterocycles. The van der Waals surface area contributed by atoms with Crippen LogP contribution in [0.1, 0.15) is 18.9 Å². The van der Waals surface area contributed by atoms with E-state index in [1.54, 1.807) is 18.2 Å². The fourth-order valence-corrected chi connectivity index (χ4v) is 2.43. The van der Waals surface area contributed by atoms with Gasteiger partial charge in [-0.25, -0.2) is 9.97 Å². The minimum Gasteiger partial charge on any atom is -0.337 e. The number of hydrogen-bond donors (Lipinski definition) is 1. The van der Waals surface area contributed by atoms with Crippen molar-refractivity contribution in [1.29, 1.82) is 0 Å². The number of nitrogens with one attached hydrogen (secondary N) is 1. The van der Waals surface area contributed by atoms with Gasteiger partial charge in [0.1, 0.15) is 17.3 Å². The molecule has 0 unspecified atom stereocenters. The Morgan fingerprint density at radius 2 is 1.79 bits per heavy atom. The highest BCUT2D eigenvalue weighted by Crippen LogP contribution is 2.34. The SMILES string of the molecule is CCCc1c(Cl)ncnc1Nc1c(Cl)cccc1Cl. The molecule has 2 aromatic rings. The number of para-hydroxylation sites is 1. The largest absolute Gasteiger partial charge is 0.337 e. The van der Waals surface area contributed by atoms with Gasteiger partial charge in [-0.15, -0.1) is 0 Å². The molecule has 1 aromatic heterocycles. The molecule has 0 bridgehead atoms. The van der Waals surface area contributed by atoms with Crippen LogP contribution in [0.15, 0.2) is 24.5 Å². The van der Waals surface area contributed by atoms with Crippen LogP contribution in [-0.4, -0.2) is 9.97 Å². The van der Waals surface area contributed by atoms with Crippen LogP contribution in [0.3, 0.4) is 0 Å². The van der Waals surface area contributed by atoms with E-state index in [0.29, 0.717) is 26.7 Å². The summed E-state index contributed by atoms with van der Waals surface area (Å²) in [5.41, 5.74) is 1.49. The standard InChI is InChI=1S/C13H12Cl3N3/c1-2-4-8-12(16)17-7-18-13(8)19-11-9(14)5-3-6-10(11)15/h3,5-7H,2,4H2,1H3,(H,17,18,19). The first-order chi connectivity index (χ1) is 9.13. The molecule has 0 fully saturated rings. The van der Waals surface area contributed by atoms with Gasteiger partial charge in [0.05, 0.1) is 15.7 Å². The lowest BCUT2D eigenvalue weighted by Crippen LogP contribution is -2.02. The first-order valence-corrected chi connectivity index (χ1v) is 6.97. The van der Waals surface area contributed by atoms with Crippen LogP contribution in [0.25, 0.3) is 0 Å². The van der Waals surface area contributed by atoms with E-state index in [2.05, 4.69) is 22.2 Å². The summed E-state index contributed by atoms with van der Waals surface area (Å²) in [5, 5.41) is 4.65. The van der Waals surface area contributed by atoms with Gasteiger partial charge in [-0.05, 0) is 18.6 Å². The van der Waals surface area contributed by atoms with Crippen molar-refractivity contribution in [3.05, 3.63) is 45.3 Å². The van der Waals surface area contributed by atoms with E-state index in [9.17, 15) is 0 Å². The van der Waals surface area contributed by atoms with Crippen molar-refractivity contribution < 1.29 is 0 Å². The molecule has 100 valence electrons. The molecule has 0 saturated carbocycles. The Labute approximate surface area is 126 Å². The van der Waals surface area contributed by atoms with Crippen molar-refractivity contribution in [2.24, 2.45) is 0 Å². The summed E-state index contributed by atoms with van der Waals surface area (Å²) >= 11 is 18.3. The lowest BCUT2D eigenvalue weighted by molar-refractivity contribution is 0.904. The first-order valence-electron chi connectivity index (χ1n) is 5.84. The minimum atomic E-state index is 0.447. The fraction of sp³-hybridized carbons (Fsp3) is 0.231. The van der Waals surface area contributed by atoms with Crippen molar-refractivity contribution in [3.63, 3.8) is 0 Å². The number of hydrogen-bond acceptors (Lipinski definition) is 3. The lowest BCUT2D eigenvalue weighted by Gasteiger charge is -2.13. The third-order valence-corrected chi connectivity index (χ3v) is 3.55. The molecule has 0 amide bonds. The predicted molar refractivity (Wildman–Crippen MR) is 80.8 cm³/mol. The second-order valence-corrected chi connectivity index (χ2v) is 5.14. The molecule has 3 nitrogen and oxygen atoms in total.